The van der Waals surface area contributed by atoms with Gasteiger partial charge in [0.15, 0.2) is 17.7 Å². The van der Waals surface area contributed by atoms with Crippen LogP contribution in [0.2, 0.25) is 0 Å². The second-order valence-electron chi connectivity index (χ2n) is 5.14. The Kier molecular flexibility index (Phi) is 7.28. The molecule has 0 fully saturated rings. The first-order valence-electron chi connectivity index (χ1n) is 7.74. The van der Waals surface area contributed by atoms with E-state index >= 15 is 0 Å². The average molecular weight is 362 g/mol. The molecule has 1 atom stereocenters. The number of halogens is 1. The summed E-state index contributed by atoms with van der Waals surface area (Å²) in [5.41, 5.74) is 4.60. The fraction of sp³-hybridized carbons (Fsp3) is 0.222. The van der Waals surface area contributed by atoms with Crippen molar-refractivity contribution in [1.82, 2.24) is 10.9 Å². The first-order valence-corrected chi connectivity index (χ1v) is 8.72. The number of hydrazine groups is 1. The van der Waals surface area contributed by atoms with Gasteiger partial charge in [0.1, 0.15) is 0 Å². The third-order valence-corrected chi connectivity index (χ3v) is 4.19. The molecule has 132 valence electrons. The number of ether oxygens (including phenoxy) is 1. The first kappa shape index (κ1) is 18.8. The van der Waals surface area contributed by atoms with E-state index in [1.54, 1.807) is 17.8 Å². The Balaban J connectivity index is 1.68. The Morgan fingerprint density at radius 3 is 2.48 bits per heavy atom. The Morgan fingerprint density at radius 2 is 1.76 bits per heavy atom. The number of hydrogen-bond donors (Lipinski definition) is 2. The predicted molar refractivity (Wildman–Crippen MR) is 94.6 cm³/mol. The summed E-state index contributed by atoms with van der Waals surface area (Å²) in [5.74, 6) is -0.852. The molecular formula is C18H19FN2O3S. The van der Waals surface area contributed by atoms with E-state index in [0.29, 0.717) is 5.75 Å². The van der Waals surface area contributed by atoms with E-state index in [-0.39, 0.29) is 18.1 Å². The van der Waals surface area contributed by atoms with E-state index in [4.69, 9.17) is 4.74 Å². The van der Waals surface area contributed by atoms with E-state index in [1.165, 1.54) is 25.1 Å². The molecule has 0 radical (unpaired) electrons. The number of carbonyl (C=O) groups excluding carboxylic acids is 2. The Morgan fingerprint density at radius 1 is 1.08 bits per heavy atom. The van der Waals surface area contributed by atoms with Gasteiger partial charge in [-0.25, -0.2) is 4.39 Å². The van der Waals surface area contributed by atoms with E-state index in [0.717, 1.165) is 4.90 Å². The number of carbonyl (C=O) groups is 2. The molecule has 2 amide bonds. The fourth-order valence-corrected chi connectivity index (χ4v) is 2.73. The smallest absolute Gasteiger partial charge is 0.279 e. The van der Waals surface area contributed by atoms with Gasteiger partial charge in [0.2, 0.25) is 5.91 Å². The summed E-state index contributed by atoms with van der Waals surface area (Å²) in [5, 5.41) is 0. The lowest BCUT2D eigenvalue weighted by molar-refractivity contribution is -0.132. The summed E-state index contributed by atoms with van der Waals surface area (Å²) in [4.78, 5) is 24.7. The van der Waals surface area contributed by atoms with Gasteiger partial charge in [-0.15, -0.1) is 11.8 Å². The van der Waals surface area contributed by atoms with Crippen LogP contribution >= 0.6 is 11.8 Å². The van der Waals surface area contributed by atoms with Crippen LogP contribution in [0.25, 0.3) is 0 Å². The zero-order valence-corrected chi connectivity index (χ0v) is 14.5. The van der Waals surface area contributed by atoms with Gasteiger partial charge in [-0.05, 0) is 31.2 Å². The number of nitrogens with one attached hydrogen (secondary N) is 2. The number of para-hydroxylation sites is 1. The number of rotatable bonds is 7. The SMILES string of the molecule is C[C@H](Oc1ccccc1F)C(=O)NNC(=O)CCSc1ccccc1. The number of amides is 2. The van der Waals surface area contributed by atoms with Gasteiger partial charge in [-0.1, -0.05) is 30.3 Å². The largest absolute Gasteiger partial charge is 0.478 e. The molecule has 0 saturated carbocycles. The predicted octanol–water partition coefficient (Wildman–Crippen LogP) is 2.92. The second-order valence-corrected chi connectivity index (χ2v) is 6.31. The molecular weight excluding hydrogens is 343 g/mol. The summed E-state index contributed by atoms with van der Waals surface area (Å²) >= 11 is 1.55. The van der Waals surface area contributed by atoms with Gasteiger partial charge >= 0.3 is 0 Å². The molecule has 2 N–H and O–H groups in total. The molecule has 0 spiro atoms. The van der Waals surface area contributed by atoms with Crippen molar-refractivity contribution in [2.75, 3.05) is 5.75 Å². The van der Waals surface area contributed by atoms with Gasteiger partial charge in [0.05, 0.1) is 0 Å². The van der Waals surface area contributed by atoms with Crippen molar-refractivity contribution in [1.29, 1.82) is 0 Å². The highest BCUT2D eigenvalue weighted by Gasteiger charge is 2.16. The quantitative estimate of drug-likeness (QED) is 0.587. The van der Waals surface area contributed by atoms with Crippen LogP contribution in [0.4, 0.5) is 4.39 Å². The monoisotopic (exact) mass is 362 g/mol. The van der Waals surface area contributed by atoms with E-state index < -0.39 is 17.8 Å². The summed E-state index contributed by atoms with van der Waals surface area (Å²) in [6.07, 6.45) is -0.696. The summed E-state index contributed by atoms with van der Waals surface area (Å²) < 4.78 is 18.7. The van der Waals surface area contributed by atoms with Crippen molar-refractivity contribution < 1.29 is 18.7 Å². The van der Waals surface area contributed by atoms with Crippen molar-refractivity contribution in [2.24, 2.45) is 0 Å². The first-order chi connectivity index (χ1) is 12.1. The molecule has 0 aromatic heterocycles. The molecule has 2 rings (SSSR count). The van der Waals surface area contributed by atoms with Crippen molar-refractivity contribution in [3.05, 3.63) is 60.4 Å². The van der Waals surface area contributed by atoms with Crippen LogP contribution in [0.5, 0.6) is 5.75 Å². The van der Waals surface area contributed by atoms with Crippen molar-refractivity contribution >= 4 is 23.6 Å². The second kappa shape index (κ2) is 9.68. The van der Waals surface area contributed by atoms with E-state index in [2.05, 4.69) is 10.9 Å². The van der Waals surface area contributed by atoms with Crippen LogP contribution in [0.15, 0.2) is 59.5 Å². The summed E-state index contributed by atoms with van der Waals surface area (Å²) in [7, 11) is 0. The van der Waals surface area contributed by atoms with Crippen LogP contribution in [0, 0.1) is 5.82 Å². The lowest BCUT2D eigenvalue weighted by Gasteiger charge is -2.15. The highest BCUT2D eigenvalue weighted by atomic mass is 32.2. The lowest BCUT2D eigenvalue weighted by atomic mass is 10.3. The minimum Gasteiger partial charge on any atom is -0.478 e. The van der Waals surface area contributed by atoms with Crippen molar-refractivity contribution in [2.45, 2.75) is 24.3 Å². The van der Waals surface area contributed by atoms with Crippen LogP contribution in [0.3, 0.4) is 0 Å². The molecule has 0 bridgehead atoms. The number of hydrogen-bond acceptors (Lipinski definition) is 4. The topological polar surface area (TPSA) is 67.4 Å². The van der Waals surface area contributed by atoms with E-state index in [1.807, 2.05) is 30.3 Å². The zero-order valence-electron chi connectivity index (χ0n) is 13.7. The Hall–Kier alpha value is -2.54. The normalized spacial score (nSPS) is 11.4. The summed E-state index contributed by atoms with van der Waals surface area (Å²) in [6, 6.07) is 15.5. The minimum absolute atomic E-state index is 0.0178. The molecule has 0 saturated heterocycles. The molecule has 0 unspecified atom stereocenters. The van der Waals surface area contributed by atoms with Crippen LogP contribution in [-0.4, -0.2) is 23.7 Å². The van der Waals surface area contributed by atoms with Gasteiger partial charge < -0.3 is 4.74 Å². The van der Waals surface area contributed by atoms with Crippen LogP contribution in [0.1, 0.15) is 13.3 Å². The third-order valence-electron chi connectivity index (χ3n) is 3.18. The summed E-state index contributed by atoms with van der Waals surface area (Å²) in [6.45, 7) is 1.47. The van der Waals surface area contributed by atoms with Crippen molar-refractivity contribution in [3.8, 4) is 5.75 Å². The van der Waals surface area contributed by atoms with Crippen LogP contribution in [-0.2, 0) is 9.59 Å². The molecule has 5 nitrogen and oxygen atoms in total. The van der Waals surface area contributed by atoms with Gasteiger partial charge in [0.25, 0.3) is 5.91 Å². The van der Waals surface area contributed by atoms with Gasteiger partial charge in [-0.2, -0.15) is 0 Å². The lowest BCUT2D eigenvalue weighted by Crippen LogP contribution is -2.47. The maximum atomic E-state index is 13.5. The Labute approximate surface area is 149 Å². The molecule has 0 heterocycles. The standard InChI is InChI=1S/C18H19FN2O3S/c1-13(24-16-10-6-5-9-15(16)19)18(23)21-20-17(22)11-12-25-14-7-3-2-4-8-14/h2-10,13H,11-12H2,1H3,(H,20,22)(H,21,23)/t13-/m0/s1. The minimum atomic E-state index is -0.948. The molecule has 7 heteroatoms. The molecule has 2 aromatic rings. The highest BCUT2D eigenvalue weighted by molar-refractivity contribution is 7.99. The van der Waals surface area contributed by atoms with Gasteiger partial charge in [-0.3, -0.25) is 20.4 Å². The average Bonchev–Trinajstić information content (AvgIpc) is 2.62. The van der Waals surface area contributed by atoms with Crippen molar-refractivity contribution in [3.63, 3.8) is 0 Å². The molecule has 25 heavy (non-hydrogen) atoms. The highest BCUT2D eigenvalue weighted by Crippen LogP contribution is 2.18. The van der Waals surface area contributed by atoms with Crippen LogP contribution < -0.4 is 15.6 Å². The third kappa shape index (κ3) is 6.46. The van der Waals surface area contributed by atoms with Gasteiger partial charge in [0, 0.05) is 17.1 Å². The molecule has 0 aliphatic rings. The number of thioether (sulfide) groups is 1. The maximum Gasteiger partial charge on any atom is 0.279 e. The van der Waals surface area contributed by atoms with E-state index in [9.17, 15) is 14.0 Å². The zero-order chi connectivity index (χ0) is 18.1. The number of benzene rings is 2. The fourth-order valence-electron chi connectivity index (χ4n) is 1.86. The molecule has 0 aliphatic heterocycles. The maximum absolute atomic E-state index is 13.5. The molecule has 2 aromatic carbocycles. The molecule has 0 aliphatic carbocycles. The Bertz CT molecular complexity index is 712.